The van der Waals surface area contributed by atoms with Crippen LogP contribution in [0.2, 0.25) is 15.1 Å². The number of aliphatic imine (C=N–C) groups is 1. The molecule has 0 aliphatic heterocycles. The van der Waals surface area contributed by atoms with Crippen LogP contribution in [0.25, 0.3) is 0 Å². The van der Waals surface area contributed by atoms with Crippen LogP contribution in [-0.4, -0.2) is 16.8 Å². The minimum Gasteiger partial charge on any atom is -0.370 e. The van der Waals surface area contributed by atoms with Crippen LogP contribution >= 0.6 is 34.8 Å². The summed E-state index contributed by atoms with van der Waals surface area (Å²) in [7, 11) is 0. The lowest BCUT2D eigenvalue weighted by atomic mass is 10.1. The molecular formula is C16H16Cl3N5. The zero-order valence-corrected chi connectivity index (χ0v) is 14.9. The molecule has 5 N–H and O–H groups in total. The quantitative estimate of drug-likeness (QED) is 0.552. The molecule has 0 unspecified atom stereocenters. The predicted molar refractivity (Wildman–Crippen MR) is 101 cm³/mol. The van der Waals surface area contributed by atoms with Crippen LogP contribution < -0.4 is 11.5 Å². The summed E-state index contributed by atoms with van der Waals surface area (Å²) in [4.78, 5) is 5.51. The van der Waals surface area contributed by atoms with Gasteiger partial charge in [0.2, 0.25) is 5.96 Å². The van der Waals surface area contributed by atoms with Crippen LogP contribution in [0.3, 0.4) is 0 Å². The fourth-order valence-corrected chi connectivity index (χ4v) is 2.66. The van der Waals surface area contributed by atoms with Crippen LogP contribution in [0.5, 0.6) is 0 Å². The second kappa shape index (κ2) is 8.24. The van der Waals surface area contributed by atoms with E-state index in [4.69, 9.17) is 51.7 Å². The number of rotatable bonds is 4. The first-order valence-corrected chi connectivity index (χ1v) is 8.10. The van der Waals surface area contributed by atoms with E-state index in [0.29, 0.717) is 28.2 Å². The van der Waals surface area contributed by atoms with Gasteiger partial charge in [0.15, 0.2) is 5.96 Å². The van der Waals surface area contributed by atoms with E-state index in [0.717, 1.165) is 11.1 Å². The Morgan fingerprint density at radius 1 is 0.958 bits per heavy atom. The van der Waals surface area contributed by atoms with E-state index >= 15 is 0 Å². The molecule has 0 amide bonds. The molecule has 0 radical (unpaired) electrons. The van der Waals surface area contributed by atoms with E-state index in [1.165, 1.54) is 0 Å². The van der Waals surface area contributed by atoms with E-state index in [-0.39, 0.29) is 11.9 Å². The summed E-state index contributed by atoms with van der Waals surface area (Å²) in [5.74, 6) is -0.237. The molecule has 126 valence electrons. The Labute approximate surface area is 155 Å². The number of nitrogens with zero attached hydrogens (tertiary/aromatic N) is 2. The summed E-state index contributed by atoms with van der Waals surface area (Å²) in [6.07, 6.45) is 0. The molecule has 0 spiro atoms. The van der Waals surface area contributed by atoms with Gasteiger partial charge in [-0.2, -0.15) is 4.99 Å². The molecule has 0 bridgehead atoms. The highest BCUT2D eigenvalue weighted by Gasteiger charge is 2.13. The van der Waals surface area contributed by atoms with Crippen molar-refractivity contribution in [2.75, 3.05) is 0 Å². The number of nitrogens with one attached hydrogen (secondary N) is 1. The number of halogens is 3. The molecule has 2 aromatic carbocycles. The smallest absolute Gasteiger partial charge is 0.221 e. The largest absolute Gasteiger partial charge is 0.370 e. The number of hydrogen-bond acceptors (Lipinski definition) is 1. The summed E-state index contributed by atoms with van der Waals surface area (Å²) >= 11 is 18.0. The third kappa shape index (κ3) is 5.30. The van der Waals surface area contributed by atoms with Gasteiger partial charge in [-0.1, -0.05) is 53.0 Å². The Morgan fingerprint density at radius 2 is 1.58 bits per heavy atom. The Hall–Kier alpha value is -1.95. The topological polar surface area (TPSA) is 91.5 Å². The molecule has 8 heteroatoms. The van der Waals surface area contributed by atoms with Crippen molar-refractivity contribution in [3.8, 4) is 0 Å². The zero-order valence-electron chi connectivity index (χ0n) is 12.6. The highest BCUT2D eigenvalue weighted by atomic mass is 35.5. The summed E-state index contributed by atoms with van der Waals surface area (Å²) in [6.45, 7) is 0.778. The van der Waals surface area contributed by atoms with Crippen molar-refractivity contribution in [3.05, 3.63) is 68.7 Å². The molecule has 0 aromatic heterocycles. The maximum atomic E-state index is 8.11. The second-order valence-electron chi connectivity index (χ2n) is 5.08. The normalized spacial score (nSPS) is 10.3. The van der Waals surface area contributed by atoms with E-state index in [9.17, 15) is 0 Å². The average Bonchev–Trinajstić information content (AvgIpc) is 2.50. The summed E-state index contributed by atoms with van der Waals surface area (Å²) < 4.78 is 0. The molecule has 0 heterocycles. The van der Waals surface area contributed by atoms with Crippen molar-refractivity contribution in [1.29, 1.82) is 5.41 Å². The number of hydrogen-bond donors (Lipinski definition) is 3. The maximum absolute atomic E-state index is 8.11. The van der Waals surface area contributed by atoms with Gasteiger partial charge < -0.3 is 16.4 Å². The van der Waals surface area contributed by atoms with Crippen molar-refractivity contribution in [2.24, 2.45) is 16.5 Å². The third-order valence-corrected chi connectivity index (χ3v) is 4.04. The lowest BCUT2D eigenvalue weighted by molar-refractivity contribution is 0.399. The van der Waals surface area contributed by atoms with Crippen molar-refractivity contribution in [3.63, 3.8) is 0 Å². The van der Waals surface area contributed by atoms with E-state index < -0.39 is 0 Å². The van der Waals surface area contributed by atoms with Gasteiger partial charge in [0.05, 0.1) is 0 Å². The molecule has 0 saturated carbocycles. The zero-order chi connectivity index (χ0) is 17.7. The third-order valence-electron chi connectivity index (χ3n) is 3.20. The molecular weight excluding hydrogens is 369 g/mol. The molecule has 0 aliphatic carbocycles. The second-order valence-corrected chi connectivity index (χ2v) is 6.36. The van der Waals surface area contributed by atoms with E-state index in [2.05, 4.69) is 4.99 Å². The summed E-state index contributed by atoms with van der Waals surface area (Å²) in [5, 5.41) is 9.82. The first kappa shape index (κ1) is 18.4. The molecule has 0 aliphatic rings. The molecule has 0 fully saturated rings. The van der Waals surface area contributed by atoms with Gasteiger partial charge in [-0.05, 0) is 35.4 Å². The van der Waals surface area contributed by atoms with Gasteiger partial charge in [0.25, 0.3) is 0 Å². The summed E-state index contributed by atoms with van der Waals surface area (Å²) in [6, 6.07) is 12.5. The minimum absolute atomic E-state index is 0.0593. The monoisotopic (exact) mass is 383 g/mol. The van der Waals surface area contributed by atoms with E-state index in [1.54, 1.807) is 29.2 Å². The molecule has 0 atom stereocenters. The molecule has 0 saturated heterocycles. The van der Waals surface area contributed by atoms with Gasteiger partial charge in [-0.15, -0.1) is 0 Å². The number of guanidine groups is 2. The Kier molecular flexibility index (Phi) is 6.31. The highest BCUT2D eigenvalue weighted by Crippen LogP contribution is 2.23. The van der Waals surface area contributed by atoms with Gasteiger partial charge in [0, 0.05) is 28.2 Å². The van der Waals surface area contributed by atoms with Gasteiger partial charge in [-0.25, -0.2) is 0 Å². The van der Waals surface area contributed by atoms with Gasteiger partial charge in [-0.3, -0.25) is 5.41 Å². The number of nitrogens with two attached hydrogens (primary N) is 2. The van der Waals surface area contributed by atoms with Crippen LogP contribution in [0, 0.1) is 5.41 Å². The maximum Gasteiger partial charge on any atom is 0.221 e. The van der Waals surface area contributed by atoms with Crippen molar-refractivity contribution < 1.29 is 0 Å². The first-order valence-electron chi connectivity index (χ1n) is 6.96. The fourth-order valence-electron chi connectivity index (χ4n) is 2.06. The Morgan fingerprint density at radius 3 is 2.17 bits per heavy atom. The molecule has 2 rings (SSSR count). The SMILES string of the molecule is N=C(N=C(N)N)N(Cc1ccc(Cl)cc1)Cc1ccc(Cl)cc1Cl. The molecule has 5 nitrogen and oxygen atoms in total. The van der Waals surface area contributed by atoms with E-state index in [1.807, 2.05) is 18.2 Å². The van der Waals surface area contributed by atoms with Crippen molar-refractivity contribution in [1.82, 2.24) is 4.90 Å². The van der Waals surface area contributed by atoms with Crippen molar-refractivity contribution in [2.45, 2.75) is 13.1 Å². The predicted octanol–water partition coefficient (Wildman–Crippen LogP) is 3.86. The number of benzene rings is 2. The average molecular weight is 385 g/mol. The Balaban J connectivity index is 2.26. The standard InChI is InChI=1S/C16H16Cl3N5/c17-12-4-1-10(2-5-12)8-24(16(22)23-15(20)21)9-11-3-6-13(18)7-14(11)19/h1-7H,8-9H2,(H5,20,21,22,23). The molecule has 2 aromatic rings. The summed E-state index contributed by atoms with van der Waals surface area (Å²) in [5.41, 5.74) is 12.5. The molecule has 24 heavy (non-hydrogen) atoms. The lowest BCUT2D eigenvalue weighted by Crippen LogP contribution is -2.32. The minimum atomic E-state index is -0.177. The van der Waals surface area contributed by atoms with Gasteiger partial charge in [0.1, 0.15) is 0 Å². The first-order chi connectivity index (χ1) is 11.3. The highest BCUT2D eigenvalue weighted by molar-refractivity contribution is 6.35. The van der Waals surface area contributed by atoms with Crippen LogP contribution in [-0.2, 0) is 13.1 Å². The van der Waals surface area contributed by atoms with Gasteiger partial charge >= 0.3 is 0 Å². The van der Waals surface area contributed by atoms with Crippen molar-refractivity contribution >= 4 is 46.7 Å². The Bertz CT molecular complexity index is 755. The van der Waals surface area contributed by atoms with Crippen LogP contribution in [0.1, 0.15) is 11.1 Å². The fraction of sp³-hybridized carbons (Fsp3) is 0.125. The van der Waals surface area contributed by atoms with Crippen LogP contribution in [0.4, 0.5) is 0 Å². The van der Waals surface area contributed by atoms with Crippen LogP contribution in [0.15, 0.2) is 47.5 Å². The lowest BCUT2D eigenvalue weighted by Gasteiger charge is -2.23.